The highest BCUT2D eigenvalue weighted by Crippen LogP contribution is 2.28. The van der Waals surface area contributed by atoms with Crippen molar-refractivity contribution in [3.05, 3.63) is 29.8 Å². The van der Waals surface area contributed by atoms with E-state index < -0.39 is 0 Å². The van der Waals surface area contributed by atoms with E-state index in [0.717, 1.165) is 76.1 Å². The number of rotatable bonds is 5. The quantitative estimate of drug-likeness (QED) is 0.782. The van der Waals surface area contributed by atoms with Crippen LogP contribution in [-0.4, -0.2) is 73.6 Å². The molecule has 0 radical (unpaired) electrons. The number of para-hydroxylation sites is 1. The van der Waals surface area contributed by atoms with Crippen molar-refractivity contribution in [3.63, 3.8) is 0 Å². The van der Waals surface area contributed by atoms with Crippen LogP contribution in [0.15, 0.2) is 24.3 Å². The largest absolute Gasteiger partial charge is 0.378 e. The molecular formula is C22H31N3O3. The lowest BCUT2D eigenvalue weighted by atomic mass is 9.97. The van der Waals surface area contributed by atoms with E-state index in [1.54, 1.807) is 0 Å². The Morgan fingerprint density at radius 3 is 2.64 bits per heavy atom. The zero-order valence-electron chi connectivity index (χ0n) is 16.6. The molecule has 3 aliphatic heterocycles. The van der Waals surface area contributed by atoms with Crippen molar-refractivity contribution in [1.29, 1.82) is 0 Å². The standard InChI is InChI=1S/C22H31N3O3/c26-21-9-5-11-24(21)13-10-18-6-3-4-12-25(18)22(27)19-7-1-2-8-20(19)23-14-16-28-17-15-23/h1-2,7-8,18H,3-6,9-17H2. The third-order valence-electron chi connectivity index (χ3n) is 6.28. The van der Waals surface area contributed by atoms with Crippen LogP contribution < -0.4 is 4.90 Å². The lowest BCUT2D eigenvalue weighted by Gasteiger charge is -2.38. The van der Waals surface area contributed by atoms with Gasteiger partial charge in [-0.1, -0.05) is 12.1 Å². The number of carbonyl (C=O) groups excluding carboxylic acids is 2. The molecule has 0 saturated carbocycles. The molecule has 0 spiro atoms. The monoisotopic (exact) mass is 385 g/mol. The molecule has 6 heteroatoms. The van der Waals surface area contributed by atoms with Crippen molar-refractivity contribution >= 4 is 17.5 Å². The number of morpholine rings is 1. The van der Waals surface area contributed by atoms with Crippen LogP contribution >= 0.6 is 0 Å². The van der Waals surface area contributed by atoms with E-state index in [1.807, 2.05) is 23.1 Å². The van der Waals surface area contributed by atoms with E-state index in [-0.39, 0.29) is 17.9 Å². The molecule has 0 bridgehead atoms. The van der Waals surface area contributed by atoms with Gasteiger partial charge in [-0.2, -0.15) is 0 Å². The second-order valence-electron chi connectivity index (χ2n) is 8.04. The van der Waals surface area contributed by atoms with Crippen LogP contribution in [0.4, 0.5) is 5.69 Å². The van der Waals surface area contributed by atoms with Gasteiger partial charge in [-0.25, -0.2) is 0 Å². The Kier molecular flexibility index (Phi) is 6.15. The van der Waals surface area contributed by atoms with Crippen LogP contribution in [0.5, 0.6) is 0 Å². The molecule has 3 saturated heterocycles. The fraction of sp³-hybridized carbons (Fsp3) is 0.636. The van der Waals surface area contributed by atoms with Gasteiger partial charge in [0.15, 0.2) is 0 Å². The van der Waals surface area contributed by atoms with Gasteiger partial charge in [0.25, 0.3) is 5.91 Å². The summed E-state index contributed by atoms with van der Waals surface area (Å²) in [5, 5.41) is 0. The van der Waals surface area contributed by atoms with Crippen molar-refractivity contribution in [2.45, 2.75) is 44.6 Å². The number of benzene rings is 1. The fourth-order valence-electron chi connectivity index (χ4n) is 4.70. The molecule has 28 heavy (non-hydrogen) atoms. The van der Waals surface area contributed by atoms with Gasteiger partial charge in [0, 0.05) is 50.9 Å². The number of piperidine rings is 1. The lowest BCUT2D eigenvalue weighted by molar-refractivity contribution is -0.127. The summed E-state index contributed by atoms with van der Waals surface area (Å²) in [7, 11) is 0. The molecule has 1 unspecified atom stereocenters. The third-order valence-corrected chi connectivity index (χ3v) is 6.28. The topological polar surface area (TPSA) is 53.1 Å². The van der Waals surface area contributed by atoms with Crippen molar-refractivity contribution in [2.75, 3.05) is 50.8 Å². The molecule has 3 heterocycles. The molecule has 1 aromatic rings. The number of hydrogen-bond acceptors (Lipinski definition) is 4. The number of likely N-dealkylation sites (tertiary alicyclic amines) is 2. The number of amides is 2. The Bertz CT molecular complexity index is 702. The summed E-state index contributed by atoms with van der Waals surface area (Å²) in [6.07, 6.45) is 5.79. The van der Waals surface area contributed by atoms with Crippen LogP contribution in [0.3, 0.4) is 0 Å². The van der Waals surface area contributed by atoms with E-state index in [1.165, 1.54) is 0 Å². The minimum Gasteiger partial charge on any atom is -0.378 e. The number of carbonyl (C=O) groups is 2. The molecule has 1 aromatic carbocycles. The zero-order chi connectivity index (χ0) is 19.3. The Morgan fingerprint density at radius 2 is 1.86 bits per heavy atom. The van der Waals surface area contributed by atoms with Gasteiger partial charge in [-0.3, -0.25) is 9.59 Å². The normalized spacial score (nSPS) is 23.4. The van der Waals surface area contributed by atoms with Crippen LogP contribution in [0, 0.1) is 0 Å². The van der Waals surface area contributed by atoms with E-state index in [4.69, 9.17) is 4.74 Å². The molecule has 1 atom stereocenters. The van der Waals surface area contributed by atoms with E-state index >= 15 is 0 Å². The molecule has 6 nitrogen and oxygen atoms in total. The third kappa shape index (κ3) is 4.17. The average Bonchev–Trinajstić information content (AvgIpc) is 3.17. The summed E-state index contributed by atoms with van der Waals surface area (Å²) in [5.74, 6) is 0.408. The first kappa shape index (κ1) is 19.2. The number of nitrogens with zero attached hydrogens (tertiary/aromatic N) is 3. The van der Waals surface area contributed by atoms with Crippen molar-refractivity contribution in [2.24, 2.45) is 0 Å². The van der Waals surface area contributed by atoms with Crippen molar-refractivity contribution < 1.29 is 14.3 Å². The van der Waals surface area contributed by atoms with Crippen LogP contribution in [0.1, 0.15) is 48.9 Å². The lowest BCUT2D eigenvalue weighted by Crippen LogP contribution is -2.46. The molecule has 0 N–H and O–H groups in total. The maximum Gasteiger partial charge on any atom is 0.256 e. The highest BCUT2D eigenvalue weighted by atomic mass is 16.5. The molecule has 152 valence electrons. The molecule has 4 rings (SSSR count). The zero-order valence-corrected chi connectivity index (χ0v) is 16.6. The number of ether oxygens (including phenoxy) is 1. The first-order chi connectivity index (χ1) is 13.7. The summed E-state index contributed by atoms with van der Waals surface area (Å²) in [4.78, 5) is 31.8. The maximum absolute atomic E-state index is 13.5. The number of anilines is 1. The SMILES string of the molecule is O=C1CCCN1CCC1CCCCN1C(=O)c1ccccc1N1CCOCC1. The summed E-state index contributed by atoms with van der Waals surface area (Å²) in [5.41, 5.74) is 1.82. The minimum absolute atomic E-state index is 0.138. The molecule has 3 fully saturated rings. The summed E-state index contributed by atoms with van der Waals surface area (Å²) in [6, 6.07) is 8.21. The molecule has 3 aliphatic rings. The Morgan fingerprint density at radius 1 is 1.04 bits per heavy atom. The Hall–Kier alpha value is -2.08. The van der Waals surface area contributed by atoms with Crippen LogP contribution in [0.2, 0.25) is 0 Å². The van der Waals surface area contributed by atoms with Crippen LogP contribution in [-0.2, 0) is 9.53 Å². The van der Waals surface area contributed by atoms with Crippen molar-refractivity contribution in [1.82, 2.24) is 9.80 Å². The van der Waals surface area contributed by atoms with Crippen molar-refractivity contribution in [3.8, 4) is 0 Å². The predicted molar refractivity (Wildman–Crippen MR) is 109 cm³/mol. The highest BCUT2D eigenvalue weighted by Gasteiger charge is 2.31. The summed E-state index contributed by atoms with van der Waals surface area (Å²) >= 11 is 0. The Labute approximate surface area is 167 Å². The average molecular weight is 386 g/mol. The van der Waals surface area contributed by atoms with Gasteiger partial charge in [-0.15, -0.1) is 0 Å². The minimum atomic E-state index is 0.138. The molecule has 2 amide bonds. The fourth-order valence-corrected chi connectivity index (χ4v) is 4.70. The van der Waals surface area contributed by atoms with Gasteiger partial charge < -0.3 is 19.4 Å². The first-order valence-corrected chi connectivity index (χ1v) is 10.7. The van der Waals surface area contributed by atoms with Gasteiger partial charge in [-0.05, 0) is 44.2 Å². The van der Waals surface area contributed by atoms with Gasteiger partial charge in [0.1, 0.15) is 0 Å². The van der Waals surface area contributed by atoms with E-state index in [0.29, 0.717) is 19.6 Å². The van der Waals surface area contributed by atoms with Gasteiger partial charge in [0.05, 0.1) is 18.8 Å². The first-order valence-electron chi connectivity index (χ1n) is 10.7. The molecule has 0 aliphatic carbocycles. The van der Waals surface area contributed by atoms with Gasteiger partial charge in [0.2, 0.25) is 5.91 Å². The second-order valence-corrected chi connectivity index (χ2v) is 8.04. The smallest absolute Gasteiger partial charge is 0.256 e. The van der Waals surface area contributed by atoms with Crippen LogP contribution in [0.25, 0.3) is 0 Å². The van der Waals surface area contributed by atoms with E-state index in [9.17, 15) is 9.59 Å². The maximum atomic E-state index is 13.5. The van der Waals surface area contributed by atoms with Gasteiger partial charge >= 0.3 is 0 Å². The predicted octanol–water partition coefficient (Wildman–Crippen LogP) is 2.53. The summed E-state index contributed by atoms with van der Waals surface area (Å²) in [6.45, 7) is 5.53. The molecular weight excluding hydrogens is 354 g/mol. The summed E-state index contributed by atoms with van der Waals surface area (Å²) < 4.78 is 5.48. The second kappa shape index (κ2) is 8.95. The highest BCUT2D eigenvalue weighted by molar-refractivity contribution is 6.00. The number of hydrogen-bond donors (Lipinski definition) is 0. The Balaban J connectivity index is 1.48. The molecule has 0 aromatic heterocycles. The van der Waals surface area contributed by atoms with E-state index in [2.05, 4.69) is 15.9 Å².